The lowest BCUT2D eigenvalue weighted by atomic mass is 10.0. The Morgan fingerprint density at radius 3 is 2.70 bits per heavy atom. The van der Waals surface area contributed by atoms with Gasteiger partial charge in [-0.3, -0.25) is 0 Å². The Balaban J connectivity index is 1.95. The van der Waals surface area contributed by atoms with Gasteiger partial charge < -0.3 is 18.3 Å². The van der Waals surface area contributed by atoms with Crippen LogP contribution < -0.4 is 0 Å². The molecular formula is C13H17N3O4. The fourth-order valence-electron chi connectivity index (χ4n) is 2.40. The quantitative estimate of drug-likeness (QED) is 0.846. The lowest BCUT2D eigenvalue weighted by Crippen LogP contribution is -2.30. The van der Waals surface area contributed by atoms with E-state index in [0.717, 1.165) is 0 Å². The van der Waals surface area contributed by atoms with E-state index in [9.17, 15) is 0 Å². The maximum atomic E-state index is 5.80. The van der Waals surface area contributed by atoms with E-state index in [1.165, 1.54) is 0 Å². The third-order valence-corrected chi connectivity index (χ3v) is 3.33. The summed E-state index contributed by atoms with van der Waals surface area (Å²) in [7, 11) is 0. The second-order valence-electron chi connectivity index (χ2n) is 4.78. The Hall–Kier alpha value is -1.73. The third-order valence-electron chi connectivity index (χ3n) is 3.33. The smallest absolute Gasteiger partial charge is 0.270 e. The van der Waals surface area contributed by atoms with Crippen LogP contribution in [0.4, 0.5) is 0 Å². The number of ether oxygens (including phenoxy) is 2. The van der Waals surface area contributed by atoms with E-state index in [4.69, 9.17) is 18.3 Å². The van der Waals surface area contributed by atoms with Crippen LogP contribution in [0.5, 0.6) is 0 Å². The van der Waals surface area contributed by atoms with Crippen molar-refractivity contribution >= 4 is 0 Å². The van der Waals surface area contributed by atoms with Gasteiger partial charge in [-0.15, -0.1) is 10.2 Å². The summed E-state index contributed by atoms with van der Waals surface area (Å²) in [5, 5.41) is 8.17. The van der Waals surface area contributed by atoms with Crippen LogP contribution in [0.2, 0.25) is 0 Å². The van der Waals surface area contributed by atoms with Crippen LogP contribution in [-0.2, 0) is 15.1 Å². The van der Waals surface area contributed by atoms with E-state index < -0.39 is 5.60 Å². The van der Waals surface area contributed by atoms with Gasteiger partial charge in [-0.2, -0.15) is 0 Å². The Morgan fingerprint density at radius 1 is 1.25 bits per heavy atom. The molecule has 1 atom stereocenters. The fourth-order valence-corrected chi connectivity index (χ4v) is 2.40. The maximum absolute atomic E-state index is 5.80. The summed E-state index contributed by atoms with van der Waals surface area (Å²) >= 11 is 0. The zero-order chi connectivity index (χ0) is 14.2. The van der Waals surface area contributed by atoms with Crippen molar-refractivity contribution in [3.8, 4) is 11.6 Å². The third kappa shape index (κ3) is 2.12. The van der Waals surface area contributed by atoms with Gasteiger partial charge >= 0.3 is 0 Å². The standard InChI is InChI=1S/C13H17N3O4/c1-4-18-13(5-6-17-7-13)12-16-15-11(20-12)10-8(2)19-9(3)14-10/h4-7H2,1-3H3. The minimum absolute atomic E-state index is 0.348. The van der Waals surface area contributed by atoms with Crippen molar-refractivity contribution in [2.75, 3.05) is 19.8 Å². The maximum Gasteiger partial charge on any atom is 0.270 e. The zero-order valence-corrected chi connectivity index (χ0v) is 11.8. The predicted molar refractivity (Wildman–Crippen MR) is 68.0 cm³/mol. The summed E-state index contributed by atoms with van der Waals surface area (Å²) < 4.78 is 22.4. The number of aryl methyl sites for hydroxylation is 2. The van der Waals surface area contributed by atoms with Crippen molar-refractivity contribution in [3.63, 3.8) is 0 Å². The minimum atomic E-state index is -0.632. The molecule has 0 aromatic carbocycles. The van der Waals surface area contributed by atoms with Crippen LogP contribution in [0.15, 0.2) is 8.83 Å². The average molecular weight is 279 g/mol. The van der Waals surface area contributed by atoms with Crippen LogP contribution in [0.25, 0.3) is 11.6 Å². The lowest BCUT2D eigenvalue weighted by Gasteiger charge is -2.22. The Labute approximate surface area is 116 Å². The Kier molecular flexibility index (Phi) is 3.31. The van der Waals surface area contributed by atoms with E-state index in [0.29, 0.717) is 55.4 Å². The SMILES string of the molecule is CCOC1(c2nnc(-c3nc(C)oc3C)o2)CCOC1. The monoisotopic (exact) mass is 279 g/mol. The van der Waals surface area contributed by atoms with E-state index in [1.54, 1.807) is 6.92 Å². The van der Waals surface area contributed by atoms with Crippen LogP contribution >= 0.6 is 0 Å². The molecule has 0 radical (unpaired) electrons. The molecule has 0 saturated carbocycles. The molecule has 3 heterocycles. The highest BCUT2D eigenvalue weighted by molar-refractivity contribution is 5.48. The van der Waals surface area contributed by atoms with Gasteiger partial charge in [-0.05, 0) is 13.8 Å². The molecule has 0 amide bonds. The molecule has 1 aliphatic rings. The molecule has 0 spiro atoms. The van der Waals surface area contributed by atoms with E-state index >= 15 is 0 Å². The Bertz CT molecular complexity index is 599. The van der Waals surface area contributed by atoms with Gasteiger partial charge in [0.15, 0.2) is 17.2 Å². The molecule has 1 fully saturated rings. The van der Waals surface area contributed by atoms with Gasteiger partial charge in [-0.25, -0.2) is 4.98 Å². The molecular weight excluding hydrogens is 262 g/mol. The fraction of sp³-hybridized carbons (Fsp3) is 0.615. The molecule has 1 unspecified atom stereocenters. The first-order chi connectivity index (χ1) is 9.64. The van der Waals surface area contributed by atoms with Crippen molar-refractivity contribution in [1.29, 1.82) is 0 Å². The van der Waals surface area contributed by atoms with Crippen molar-refractivity contribution in [2.45, 2.75) is 32.8 Å². The number of oxazole rings is 1. The summed E-state index contributed by atoms with van der Waals surface area (Å²) in [6.45, 7) is 7.14. The van der Waals surface area contributed by atoms with Gasteiger partial charge in [0.25, 0.3) is 11.8 Å². The summed E-state index contributed by atoms with van der Waals surface area (Å²) in [6, 6.07) is 0. The lowest BCUT2D eigenvalue weighted by molar-refractivity contribution is -0.0657. The summed E-state index contributed by atoms with van der Waals surface area (Å²) in [5.74, 6) is 2.01. The van der Waals surface area contributed by atoms with Gasteiger partial charge in [-0.1, -0.05) is 0 Å². The molecule has 20 heavy (non-hydrogen) atoms. The topological polar surface area (TPSA) is 83.4 Å². The van der Waals surface area contributed by atoms with Gasteiger partial charge in [0.2, 0.25) is 0 Å². The summed E-state index contributed by atoms with van der Waals surface area (Å²) in [6.07, 6.45) is 0.708. The van der Waals surface area contributed by atoms with Crippen molar-refractivity contribution in [2.24, 2.45) is 0 Å². The molecule has 1 aliphatic heterocycles. The molecule has 0 N–H and O–H groups in total. The molecule has 2 aromatic heterocycles. The van der Waals surface area contributed by atoms with Gasteiger partial charge in [0, 0.05) is 20.0 Å². The predicted octanol–water partition coefficient (Wildman–Crippen LogP) is 1.99. The zero-order valence-electron chi connectivity index (χ0n) is 11.8. The second-order valence-corrected chi connectivity index (χ2v) is 4.78. The number of aromatic nitrogens is 3. The highest BCUT2D eigenvalue weighted by Gasteiger charge is 2.43. The Morgan fingerprint density at radius 2 is 2.10 bits per heavy atom. The van der Waals surface area contributed by atoms with Crippen molar-refractivity contribution in [1.82, 2.24) is 15.2 Å². The molecule has 3 rings (SSSR count). The van der Waals surface area contributed by atoms with Crippen LogP contribution in [-0.4, -0.2) is 35.0 Å². The summed E-state index contributed by atoms with van der Waals surface area (Å²) in [4.78, 5) is 4.25. The first kappa shape index (κ1) is 13.3. The molecule has 7 heteroatoms. The minimum Gasteiger partial charge on any atom is -0.445 e. The summed E-state index contributed by atoms with van der Waals surface area (Å²) in [5.41, 5.74) is -0.0565. The number of rotatable bonds is 4. The van der Waals surface area contributed by atoms with Crippen LogP contribution in [0.3, 0.4) is 0 Å². The molecule has 0 bridgehead atoms. The van der Waals surface area contributed by atoms with Crippen LogP contribution in [0.1, 0.15) is 30.9 Å². The van der Waals surface area contributed by atoms with E-state index in [2.05, 4.69) is 15.2 Å². The molecule has 1 saturated heterocycles. The molecule has 0 aliphatic carbocycles. The molecule has 7 nitrogen and oxygen atoms in total. The highest BCUT2D eigenvalue weighted by atomic mass is 16.6. The van der Waals surface area contributed by atoms with Gasteiger partial charge in [0.1, 0.15) is 5.76 Å². The largest absolute Gasteiger partial charge is 0.445 e. The number of hydrogen-bond acceptors (Lipinski definition) is 7. The normalized spacial score (nSPS) is 22.6. The van der Waals surface area contributed by atoms with Gasteiger partial charge in [0.05, 0.1) is 13.2 Å². The first-order valence-electron chi connectivity index (χ1n) is 6.65. The highest BCUT2D eigenvalue weighted by Crippen LogP contribution is 2.35. The van der Waals surface area contributed by atoms with E-state index in [-0.39, 0.29) is 0 Å². The number of nitrogens with zero attached hydrogens (tertiary/aromatic N) is 3. The first-order valence-corrected chi connectivity index (χ1v) is 6.65. The average Bonchev–Trinajstić information content (AvgIpc) is 3.09. The van der Waals surface area contributed by atoms with Crippen LogP contribution in [0, 0.1) is 13.8 Å². The second kappa shape index (κ2) is 4.99. The number of hydrogen-bond donors (Lipinski definition) is 0. The van der Waals surface area contributed by atoms with Crippen molar-refractivity contribution in [3.05, 3.63) is 17.5 Å². The van der Waals surface area contributed by atoms with Crippen molar-refractivity contribution < 1.29 is 18.3 Å². The molecule has 2 aromatic rings. The van der Waals surface area contributed by atoms with E-state index in [1.807, 2.05) is 13.8 Å². The molecule has 108 valence electrons.